The molecule has 1 saturated heterocycles. The predicted octanol–water partition coefficient (Wildman–Crippen LogP) is 2.52. The fourth-order valence-corrected chi connectivity index (χ4v) is 2.65. The first-order valence-electron chi connectivity index (χ1n) is 7.26. The van der Waals surface area contributed by atoms with Gasteiger partial charge in [-0.2, -0.15) is 0 Å². The molecule has 1 aromatic carbocycles. The highest BCUT2D eigenvalue weighted by molar-refractivity contribution is 5.76. The highest BCUT2D eigenvalue weighted by atomic mass is 16.2. The van der Waals surface area contributed by atoms with Crippen LogP contribution in [0.15, 0.2) is 30.3 Å². The second-order valence-electron chi connectivity index (χ2n) is 5.39. The van der Waals surface area contributed by atoms with E-state index in [4.69, 9.17) is 0 Å². The van der Waals surface area contributed by atoms with E-state index in [0.717, 1.165) is 32.6 Å². The van der Waals surface area contributed by atoms with Gasteiger partial charge in [-0.25, -0.2) is 0 Å². The molecular formula is C16H24N2O. The molecule has 1 heterocycles. The van der Waals surface area contributed by atoms with Gasteiger partial charge >= 0.3 is 0 Å². The van der Waals surface area contributed by atoms with E-state index in [-0.39, 0.29) is 0 Å². The molecule has 0 N–H and O–H groups in total. The third kappa shape index (κ3) is 3.80. The Bertz CT molecular complexity index is 404. The second-order valence-corrected chi connectivity index (χ2v) is 5.39. The molecule has 104 valence electrons. The SMILES string of the molecule is CCCC(=O)N1CCN(Cc2ccccc2)C(C)C1. The lowest BCUT2D eigenvalue weighted by atomic mass is 10.1. The molecule has 0 aliphatic carbocycles. The lowest BCUT2D eigenvalue weighted by Gasteiger charge is -2.40. The van der Waals surface area contributed by atoms with Crippen molar-refractivity contribution in [2.24, 2.45) is 0 Å². The molecule has 0 aromatic heterocycles. The van der Waals surface area contributed by atoms with Crippen molar-refractivity contribution in [2.75, 3.05) is 19.6 Å². The normalized spacial score (nSPS) is 20.5. The van der Waals surface area contributed by atoms with Gasteiger partial charge in [0.25, 0.3) is 0 Å². The third-order valence-corrected chi connectivity index (χ3v) is 3.81. The van der Waals surface area contributed by atoms with Gasteiger partial charge in [-0.3, -0.25) is 9.69 Å². The Hall–Kier alpha value is -1.35. The summed E-state index contributed by atoms with van der Waals surface area (Å²) in [4.78, 5) is 16.4. The third-order valence-electron chi connectivity index (χ3n) is 3.81. The number of benzene rings is 1. The summed E-state index contributed by atoms with van der Waals surface area (Å²) in [5.41, 5.74) is 1.35. The minimum absolute atomic E-state index is 0.314. The van der Waals surface area contributed by atoms with Gasteiger partial charge < -0.3 is 4.90 Å². The van der Waals surface area contributed by atoms with Crippen molar-refractivity contribution in [1.29, 1.82) is 0 Å². The van der Waals surface area contributed by atoms with E-state index < -0.39 is 0 Å². The van der Waals surface area contributed by atoms with Gasteiger partial charge in [0, 0.05) is 38.6 Å². The average Bonchev–Trinajstić information content (AvgIpc) is 2.42. The molecule has 0 bridgehead atoms. The summed E-state index contributed by atoms with van der Waals surface area (Å²) in [6, 6.07) is 11.0. The number of hydrogen-bond donors (Lipinski definition) is 0. The van der Waals surface area contributed by atoms with Crippen LogP contribution < -0.4 is 0 Å². The van der Waals surface area contributed by atoms with Crippen LogP contribution >= 0.6 is 0 Å². The topological polar surface area (TPSA) is 23.6 Å². The monoisotopic (exact) mass is 260 g/mol. The van der Waals surface area contributed by atoms with Crippen molar-refractivity contribution in [3.05, 3.63) is 35.9 Å². The standard InChI is InChI=1S/C16H24N2O/c1-3-7-16(19)18-11-10-17(14(2)12-18)13-15-8-5-4-6-9-15/h4-6,8-9,14H,3,7,10-13H2,1-2H3. The Balaban J connectivity index is 1.88. The van der Waals surface area contributed by atoms with Crippen molar-refractivity contribution in [2.45, 2.75) is 39.3 Å². The number of piperazine rings is 1. The largest absolute Gasteiger partial charge is 0.340 e. The number of carbonyl (C=O) groups is 1. The molecule has 3 nitrogen and oxygen atoms in total. The van der Waals surface area contributed by atoms with E-state index >= 15 is 0 Å². The van der Waals surface area contributed by atoms with Crippen LogP contribution in [0, 0.1) is 0 Å². The molecule has 0 saturated carbocycles. The van der Waals surface area contributed by atoms with Crippen LogP contribution in [0.4, 0.5) is 0 Å². The number of carbonyl (C=O) groups excluding carboxylic acids is 1. The van der Waals surface area contributed by atoms with Gasteiger partial charge in [0.05, 0.1) is 0 Å². The van der Waals surface area contributed by atoms with E-state index in [9.17, 15) is 4.79 Å². The van der Waals surface area contributed by atoms with Crippen LogP contribution in [-0.2, 0) is 11.3 Å². The van der Waals surface area contributed by atoms with Gasteiger partial charge in [0.1, 0.15) is 0 Å². The predicted molar refractivity (Wildman–Crippen MR) is 77.8 cm³/mol. The lowest BCUT2D eigenvalue weighted by molar-refractivity contribution is -0.134. The minimum atomic E-state index is 0.314. The zero-order valence-corrected chi connectivity index (χ0v) is 12.0. The molecule has 1 fully saturated rings. The van der Waals surface area contributed by atoms with Crippen molar-refractivity contribution in [3.8, 4) is 0 Å². The Labute approximate surface area is 116 Å². The van der Waals surface area contributed by atoms with Crippen LogP contribution in [0.3, 0.4) is 0 Å². The summed E-state index contributed by atoms with van der Waals surface area (Å²) in [7, 11) is 0. The zero-order chi connectivity index (χ0) is 13.7. The maximum Gasteiger partial charge on any atom is 0.222 e. The summed E-state index contributed by atoms with van der Waals surface area (Å²) >= 11 is 0. The minimum Gasteiger partial charge on any atom is -0.340 e. The molecule has 2 rings (SSSR count). The smallest absolute Gasteiger partial charge is 0.222 e. The van der Waals surface area contributed by atoms with Crippen LogP contribution in [0.2, 0.25) is 0 Å². The summed E-state index contributed by atoms with van der Waals surface area (Å²) in [5, 5.41) is 0. The summed E-state index contributed by atoms with van der Waals surface area (Å²) in [6.45, 7) is 7.98. The molecule has 19 heavy (non-hydrogen) atoms. The fraction of sp³-hybridized carbons (Fsp3) is 0.562. The Morgan fingerprint density at radius 3 is 2.63 bits per heavy atom. The highest BCUT2D eigenvalue weighted by Gasteiger charge is 2.25. The van der Waals surface area contributed by atoms with Gasteiger partial charge in [-0.05, 0) is 18.9 Å². The molecule has 1 unspecified atom stereocenters. The lowest BCUT2D eigenvalue weighted by Crippen LogP contribution is -2.53. The second kappa shape index (κ2) is 6.71. The zero-order valence-electron chi connectivity index (χ0n) is 12.0. The highest BCUT2D eigenvalue weighted by Crippen LogP contribution is 2.14. The number of rotatable bonds is 4. The number of hydrogen-bond acceptors (Lipinski definition) is 2. The first-order chi connectivity index (χ1) is 9.20. The number of nitrogens with zero attached hydrogens (tertiary/aromatic N) is 2. The maximum absolute atomic E-state index is 11.9. The molecule has 0 radical (unpaired) electrons. The quantitative estimate of drug-likeness (QED) is 0.830. The fourth-order valence-electron chi connectivity index (χ4n) is 2.65. The van der Waals surface area contributed by atoms with E-state index in [1.165, 1.54) is 5.56 Å². The summed E-state index contributed by atoms with van der Waals surface area (Å²) < 4.78 is 0. The van der Waals surface area contributed by atoms with Crippen LogP contribution in [0.1, 0.15) is 32.3 Å². The molecule has 1 amide bonds. The van der Waals surface area contributed by atoms with Gasteiger partial charge in [0.15, 0.2) is 0 Å². The molecular weight excluding hydrogens is 236 g/mol. The van der Waals surface area contributed by atoms with Crippen LogP contribution in [0.5, 0.6) is 0 Å². The molecule has 1 aliphatic rings. The van der Waals surface area contributed by atoms with E-state index in [0.29, 0.717) is 18.4 Å². The Kier molecular flexibility index (Phi) is 4.97. The van der Waals surface area contributed by atoms with Gasteiger partial charge in [-0.1, -0.05) is 37.3 Å². The van der Waals surface area contributed by atoms with Crippen molar-refractivity contribution in [1.82, 2.24) is 9.80 Å². The molecule has 0 spiro atoms. The van der Waals surface area contributed by atoms with E-state index in [1.807, 2.05) is 11.0 Å². The van der Waals surface area contributed by atoms with E-state index in [1.54, 1.807) is 0 Å². The molecule has 3 heteroatoms. The first-order valence-corrected chi connectivity index (χ1v) is 7.26. The van der Waals surface area contributed by atoms with Crippen LogP contribution in [-0.4, -0.2) is 41.4 Å². The first kappa shape index (κ1) is 14.1. The van der Waals surface area contributed by atoms with Gasteiger partial charge in [-0.15, -0.1) is 0 Å². The Morgan fingerprint density at radius 1 is 1.26 bits per heavy atom. The van der Waals surface area contributed by atoms with Crippen molar-refractivity contribution in [3.63, 3.8) is 0 Å². The average molecular weight is 260 g/mol. The van der Waals surface area contributed by atoms with Gasteiger partial charge in [0.2, 0.25) is 5.91 Å². The van der Waals surface area contributed by atoms with E-state index in [2.05, 4.69) is 43.0 Å². The van der Waals surface area contributed by atoms with Crippen molar-refractivity contribution < 1.29 is 4.79 Å². The molecule has 1 aliphatic heterocycles. The Morgan fingerprint density at radius 2 is 2.00 bits per heavy atom. The van der Waals surface area contributed by atoms with Crippen molar-refractivity contribution >= 4 is 5.91 Å². The molecule has 1 aromatic rings. The maximum atomic E-state index is 11.9. The summed E-state index contributed by atoms with van der Waals surface area (Å²) in [5.74, 6) is 0.314. The molecule has 1 atom stereocenters. The summed E-state index contributed by atoms with van der Waals surface area (Å²) in [6.07, 6.45) is 1.63. The number of amides is 1. The van der Waals surface area contributed by atoms with Crippen LogP contribution in [0.25, 0.3) is 0 Å².